The molecule has 4 heteroatoms. The highest BCUT2D eigenvalue weighted by Gasteiger charge is 2.24. The van der Waals surface area contributed by atoms with Crippen molar-refractivity contribution < 1.29 is 9.53 Å². The largest absolute Gasteiger partial charge is 0.497 e. The Morgan fingerprint density at radius 2 is 1.84 bits per heavy atom. The van der Waals surface area contributed by atoms with Gasteiger partial charge in [-0.1, -0.05) is 30.3 Å². The lowest BCUT2D eigenvalue weighted by Crippen LogP contribution is -2.35. The van der Waals surface area contributed by atoms with Crippen LogP contribution in [0, 0.1) is 6.92 Å². The maximum atomic E-state index is 13.1. The molecule has 4 nitrogen and oxygen atoms in total. The average molecular weight is 336 g/mol. The number of ketones is 1. The Kier molecular flexibility index (Phi) is 4.91. The van der Waals surface area contributed by atoms with E-state index in [0.29, 0.717) is 6.54 Å². The normalized spacial score (nSPS) is 12.5. The summed E-state index contributed by atoms with van der Waals surface area (Å²) in [6, 6.07) is 15.7. The van der Waals surface area contributed by atoms with Gasteiger partial charge in [-0.05, 0) is 44.7 Å². The molecule has 0 aliphatic carbocycles. The number of para-hydroxylation sites is 1. The Labute approximate surface area is 148 Å². The number of carbonyl (C=O) groups is 1. The van der Waals surface area contributed by atoms with E-state index in [1.165, 1.54) is 0 Å². The molecule has 0 bridgehead atoms. The first-order valence-corrected chi connectivity index (χ1v) is 8.46. The molecule has 1 N–H and O–H groups in total. The van der Waals surface area contributed by atoms with Crippen molar-refractivity contribution in [2.24, 2.45) is 0 Å². The van der Waals surface area contributed by atoms with Crippen LogP contribution in [0.5, 0.6) is 5.75 Å². The molecule has 3 rings (SSSR count). The van der Waals surface area contributed by atoms with Crippen molar-refractivity contribution in [1.29, 1.82) is 0 Å². The highest BCUT2D eigenvalue weighted by Crippen LogP contribution is 2.24. The molecule has 0 aliphatic heterocycles. The predicted molar refractivity (Wildman–Crippen MR) is 101 cm³/mol. The van der Waals surface area contributed by atoms with Crippen molar-refractivity contribution >= 4 is 16.7 Å². The number of carbonyl (C=O) groups excluding carboxylic acids is 1. The van der Waals surface area contributed by atoms with Crippen molar-refractivity contribution in [1.82, 2.24) is 9.88 Å². The second-order valence-electron chi connectivity index (χ2n) is 6.47. The summed E-state index contributed by atoms with van der Waals surface area (Å²) in [7, 11) is 3.64. The van der Waals surface area contributed by atoms with E-state index in [0.717, 1.165) is 33.5 Å². The van der Waals surface area contributed by atoms with E-state index in [4.69, 9.17) is 4.74 Å². The van der Waals surface area contributed by atoms with Gasteiger partial charge in [0, 0.05) is 28.7 Å². The second kappa shape index (κ2) is 7.11. The monoisotopic (exact) mass is 336 g/mol. The van der Waals surface area contributed by atoms with Crippen molar-refractivity contribution in [2.75, 3.05) is 14.2 Å². The number of hydrogen-bond donors (Lipinski definition) is 1. The predicted octanol–water partition coefficient (Wildman–Crippen LogP) is 4.19. The Morgan fingerprint density at radius 3 is 2.52 bits per heavy atom. The number of H-pyrrole nitrogens is 1. The molecule has 25 heavy (non-hydrogen) atoms. The van der Waals surface area contributed by atoms with Crippen LogP contribution >= 0.6 is 0 Å². The number of benzene rings is 2. The van der Waals surface area contributed by atoms with E-state index in [2.05, 4.69) is 9.88 Å². The summed E-state index contributed by atoms with van der Waals surface area (Å²) >= 11 is 0. The number of nitrogens with one attached hydrogen (secondary N) is 1. The van der Waals surface area contributed by atoms with Crippen molar-refractivity contribution in [3.63, 3.8) is 0 Å². The maximum absolute atomic E-state index is 13.1. The molecule has 0 fully saturated rings. The molecule has 1 atom stereocenters. The minimum atomic E-state index is -0.208. The third kappa shape index (κ3) is 3.44. The van der Waals surface area contributed by atoms with Gasteiger partial charge in [0.2, 0.25) is 0 Å². The first-order chi connectivity index (χ1) is 12.0. The number of aromatic amines is 1. The van der Waals surface area contributed by atoms with E-state index >= 15 is 0 Å². The molecule has 3 aromatic rings. The fraction of sp³-hybridized carbons (Fsp3) is 0.286. The average Bonchev–Trinajstić information content (AvgIpc) is 2.96. The van der Waals surface area contributed by atoms with E-state index in [1.807, 2.05) is 69.4 Å². The van der Waals surface area contributed by atoms with E-state index in [-0.39, 0.29) is 11.8 Å². The lowest BCUT2D eigenvalue weighted by atomic mass is 10.0. The number of methoxy groups -OCH3 is 1. The van der Waals surface area contributed by atoms with Crippen molar-refractivity contribution in [2.45, 2.75) is 26.4 Å². The molecule has 0 saturated carbocycles. The molecule has 0 aliphatic rings. The summed E-state index contributed by atoms with van der Waals surface area (Å²) in [4.78, 5) is 18.5. The minimum absolute atomic E-state index is 0.144. The molecule has 0 spiro atoms. The SMILES string of the molecule is COc1ccc(CN(C)[C@@H](C)C(=O)c2c(C)[nH]c3ccccc23)cc1. The minimum Gasteiger partial charge on any atom is -0.497 e. The van der Waals surface area contributed by atoms with Gasteiger partial charge in [-0.15, -0.1) is 0 Å². The van der Waals surface area contributed by atoms with Crippen LogP contribution in [0.2, 0.25) is 0 Å². The molecule has 2 aromatic carbocycles. The highest BCUT2D eigenvalue weighted by molar-refractivity contribution is 6.11. The Morgan fingerprint density at radius 1 is 1.16 bits per heavy atom. The lowest BCUT2D eigenvalue weighted by molar-refractivity contribution is 0.0863. The van der Waals surface area contributed by atoms with Crippen LogP contribution in [-0.4, -0.2) is 35.9 Å². The number of Topliss-reactive ketones (excluding diaryl/α,β-unsaturated/α-hetero) is 1. The molecule has 0 unspecified atom stereocenters. The number of rotatable bonds is 6. The number of ether oxygens (including phenoxy) is 1. The fourth-order valence-electron chi connectivity index (χ4n) is 3.16. The van der Waals surface area contributed by atoms with Crippen LogP contribution in [0.3, 0.4) is 0 Å². The summed E-state index contributed by atoms with van der Waals surface area (Å²) in [5.74, 6) is 0.982. The Balaban J connectivity index is 1.79. The number of hydrogen-bond acceptors (Lipinski definition) is 3. The zero-order valence-corrected chi connectivity index (χ0v) is 15.2. The maximum Gasteiger partial charge on any atom is 0.182 e. The number of aryl methyl sites for hydroxylation is 1. The van der Waals surface area contributed by atoms with E-state index in [9.17, 15) is 4.79 Å². The van der Waals surface area contributed by atoms with Gasteiger partial charge in [0.1, 0.15) is 5.75 Å². The molecule has 0 amide bonds. The molecule has 1 aromatic heterocycles. The molecular weight excluding hydrogens is 312 g/mol. The fourth-order valence-corrected chi connectivity index (χ4v) is 3.16. The van der Waals surface area contributed by atoms with Crippen LogP contribution in [0.15, 0.2) is 48.5 Å². The van der Waals surface area contributed by atoms with Crippen molar-refractivity contribution in [3.8, 4) is 5.75 Å². The van der Waals surface area contributed by atoms with Gasteiger partial charge in [-0.3, -0.25) is 9.69 Å². The van der Waals surface area contributed by atoms with Gasteiger partial charge in [0.15, 0.2) is 5.78 Å². The van der Waals surface area contributed by atoms with Crippen LogP contribution < -0.4 is 4.74 Å². The van der Waals surface area contributed by atoms with Crippen LogP contribution in [0.4, 0.5) is 0 Å². The quantitative estimate of drug-likeness (QED) is 0.687. The highest BCUT2D eigenvalue weighted by atomic mass is 16.5. The van der Waals surface area contributed by atoms with Crippen molar-refractivity contribution in [3.05, 3.63) is 65.4 Å². The summed E-state index contributed by atoms with van der Waals surface area (Å²) in [6.45, 7) is 4.63. The Hall–Kier alpha value is -2.59. The third-order valence-corrected chi connectivity index (χ3v) is 4.77. The summed E-state index contributed by atoms with van der Waals surface area (Å²) in [5, 5.41) is 0.995. The smallest absolute Gasteiger partial charge is 0.182 e. The molecule has 0 saturated heterocycles. The number of likely N-dealkylation sites (N-methyl/N-ethyl adjacent to an activating group) is 1. The number of aromatic nitrogens is 1. The Bertz CT molecular complexity index is 881. The summed E-state index contributed by atoms with van der Waals surface area (Å²) in [5.41, 5.74) is 3.88. The number of fused-ring (bicyclic) bond motifs is 1. The summed E-state index contributed by atoms with van der Waals surface area (Å²) < 4.78 is 5.19. The molecule has 130 valence electrons. The first-order valence-electron chi connectivity index (χ1n) is 8.46. The van der Waals surface area contributed by atoms with Crippen LogP contribution in [0.25, 0.3) is 10.9 Å². The number of nitrogens with zero attached hydrogens (tertiary/aromatic N) is 1. The van der Waals surface area contributed by atoms with Crippen LogP contribution in [0.1, 0.15) is 28.5 Å². The first kappa shape index (κ1) is 17.2. The standard InChI is InChI=1S/C21H24N2O2/c1-14-20(18-7-5-6-8-19(18)22-14)21(24)15(2)23(3)13-16-9-11-17(25-4)12-10-16/h5-12,15,22H,13H2,1-4H3/t15-/m0/s1. The zero-order chi connectivity index (χ0) is 18.0. The van der Waals surface area contributed by atoms with Gasteiger partial charge in [-0.25, -0.2) is 0 Å². The second-order valence-corrected chi connectivity index (χ2v) is 6.47. The zero-order valence-electron chi connectivity index (χ0n) is 15.2. The molecular formula is C21H24N2O2. The van der Waals surface area contributed by atoms with Gasteiger partial charge >= 0.3 is 0 Å². The topological polar surface area (TPSA) is 45.3 Å². The molecule has 1 heterocycles. The molecule has 0 radical (unpaired) electrons. The van der Waals surface area contributed by atoms with Gasteiger partial charge in [0.05, 0.1) is 13.2 Å². The van der Waals surface area contributed by atoms with Gasteiger partial charge in [-0.2, -0.15) is 0 Å². The lowest BCUT2D eigenvalue weighted by Gasteiger charge is -2.24. The van der Waals surface area contributed by atoms with E-state index < -0.39 is 0 Å². The van der Waals surface area contributed by atoms with Gasteiger partial charge < -0.3 is 9.72 Å². The third-order valence-electron chi connectivity index (χ3n) is 4.77. The van der Waals surface area contributed by atoms with E-state index in [1.54, 1.807) is 7.11 Å². The van der Waals surface area contributed by atoms with Crippen LogP contribution in [-0.2, 0) is 6.54 Å². The summed E-state index contributed by atoms with van der Waals surface area (Å²) in [6.07, 6.45) is 0. The van der Waals surface area contributed by atoms with Gasteiger partial charge in [0.25, 0.3) is 0 Å².